The monoisotopic (exact) mass is 222 g/mol. The van der Waals surface area contributed by atoms with E-state index in [1.54, 1.807) is 12.2 Å². The Balaban J connectivity index is 5.44. The maximum Gasteiger partial charge on any atom is 0.0721 e. The maximum absolute atomic E-state index is 10.8. The van der Waals surface area contributed by atoms with Crippen molar-refractivity contribution in [3.8, 4) is 0 Å². The molecule has 0 aliphatic heterocycles. The summed E-state index contributed by atoms with van der Waals surface area (Å²) in [6.07, 6.45) is 6.76. The topological polar surface area (TPSA) is 80.3 Å². The molecule has 88 valence electrons. The Kier molecular flexibility index (Phi) is 6.59. The number of rotatable bonds is 6. The van der Waals surface area contributed by atoms with Crippen molar-refractivity contribution in [2.75, 3.05) is 0 Å². The van der Waals surface area contributed by atoms with Crippen LogP contribution in [0, 0.1) is 0 Å². The van der Waals surface area contributed by atoms with Crippen LogP contribution in [0.15, 0.2) is 35.5 Å². The normalized spacial score (nSPS) is 13.1. The maximum atomic E-state index is 10.8. The minimum absolute atomic E-state index is 0.369. The molecule has 0 N–H and O–H groups in total. The van der Waals surface area contributed by atoms with Crippen LogP contribution < -0.4 is 10.2 Å². The van der Waals surface area contributed by atoms with E-state index in [4.69, 9.17) is 0 Å². The summed E-state index contributed by atoms with van der Waals surface area (Å²) in [5.74, 6) is -3.05. The van der Waals surface area contributed by atoms with Crippen LogP contribution in [0.2, 0.25) is 0 Å². The third-order valence-electron chi connectivity index (χ3n) is 1.77. The fourth-order valence-electron chi connectivity index (χ4n) is 1.01. The quantitative estimate of drug-likeness (QED) is 0.457. The first-order valence-corrected chi connectivity index (χ1v) is 5.04. The van der Waals surface area contributed by atoms with Gasteiger partial charge in [0.25, 0.3) is 0 Å². The Morgan fingerprint density at radius 3 is 1.38 bits per heavy atom. The molecule has 0 unspecified atom stereocenters. The Hall–Kier alpha value is -1.84. The van der Waals surface area contributed by atoms with Gasteiger partial charge in [0.1, 0.15) is 0 Å². The number of carboxylic acid groups (broad SMARTS) is 2. The molecule has 0 saturated carbocycles. The molecule has 0 atom stereocenters. The van der Waals surface area contributed by atoms with Crippen molar-refractivity contribution in [1.82, 2.24) is 0 Å². The van der Waals surface area contributed by atoms with Gasteiger partial charge in [0, 0.05) is 11.1 Å². The summed E-state index contributed by atoms with van der Waals surface area (Å²) in [6, 6.07) is 0. The molecule has 0 aliphatic rings. The third-order valence-corrected chi connectivity index (χ3v) is 1.77. The van der Waals surface area contributed by atoms with Crippen molar-refractivity contribution in [3.63, 3.8) is 0 Å². The van der Waals surface area contributed by atoms with Crippen LogP contribution >= 0.6 is 0 Å². The minimum atomic E-state index is -1.52. The van der Waals surface area contributed by atoms with Gasteiger partial charge in [-0.2, -0.15) is 0 Å². The second kappa shape index (κ2) is 7.45. The van der Waals surface area contributed by atoms with Gasteiger partial charge in [0.15, 0.2) is 0 Å². The highest BCUT2D eigenvalue weighted by Gasteiger charge is 2.03. The lowest BCUT2D eigenvalue weighted by Gasteiger charge is -2.11. The number of hydrogen-bond donors (Lipinski definition) is 0. The molecule has 0 rings (SSSR count). The predicted octanol–water partition coefficient (Wildman–Crippen LogP) is -0.285. The molecule has 0 aromatic carbocycles. The van der Waals surface area contributed by atoms with Gasteiger partial charge in [-0.15, -0.1) is 0 Å². The molecule has 0 aromatic heterocycles. The van der Waals surface area contributed by atoms with Crippen molar-refractivity contribution >= 4 is 11.9 Å². The summed E-state index contributed by atoms with van der Waals surface area (Å²) >= 11 is 0. The molecule has 0 bridgehead atoms. The molecule has 16 heavy (non-hydrogen) atoms. The van der Waals surface area contributed by atoms with Crippen LogP contribution in [0.25, 0.3) is 0 Å². The molecule has 0 aliphatic carbocycles. The molecule has 0 spiro atoms. The lowest BCUT2D eigenvalue weighted by Crippen LogP contribution is -2.30. The van der Waals surface area contributed by atoms with Crippen LogP contribution in [0.3, 0.4) is 0 Å². The van der Waals surface area contributed by atoms with E-state index >= 15 is 0 Å². The number of aliphatic carboxylic acids is 2. The predicted molar refractivity (Wildman–Crippen MR) is 55.9 cm³/mol. The molecule has 0 amide bonds. The summed E-state index contributed by atoms with van der Waals surface area (Å²) < 4.78 is 0. The summed E-state index contributed by atoms with van der Waals surface area (Å²) in [6.45, 7) is 3.62. The SMILES string of the molecule is CC/C=C/C(C(=O)[O-])=C(\C=C\CC)C(=O)[O-]. The van der Waals surface area contributed by atoms with Gasteiger partial charge < -0.3 is 19.8 Å². The van der Waals surface area contributed by atoms with Crippen LogP contribution in [0.1, 0.15) is 26.7 Å². The van der Waals surface area contributed by atoms with Gasteiger partial charge in [-0.25, -0.2) is 0 Å². The zero-order valence-electron chi connectivity index (χ0n) is 9.36. The minimum Gasteiger partial charge on any atom is -0.545 e. The third kappa shape index (κ3) is 4.59. The Morgan fingerprint density at radius 2 is 1.19 bits per heavy atom. The largest absolute Gasteiger partial charge is 0.545 e. The lowest BCUT2D eigenvalue weighted by atomic mass is 10.1. The smallest absolute Gasteiger partial charge is 0.0721 e. The van der Waals surface area contributed by atoms with Crippen LogP contribution in [-0.4, -0.2) is 11.9 Å². The molecule has 4 heteroatoms. The van der Waals surface area contributed by atoms with Crippen LogP contribution in [0.4, 0.5) is 0 Å². The highest BCUT2D eigenvalue weighted by atomic mass is 16.4. The summed E-state index contributed by atoms with van der Waals surface area (Å²) in [5, 5.41) is 21.5. The number of hydrogen-bond acceptors (Lipinski definition) is 4. The number of carboxylic acids is 2. The van der Waals surface area contributed by atoms with Crippen molar-refractivity contribution in [2.24, 2.45) is 0 Å². The first-order chi connectivity index (χ1) is 7.54. The number of allylic oxidation sites excluding steroid dienone is 2. The van der Waals surface area contributed by atoms with Crippen molar-refractivity contribution in [2.45, 2.75) is 26.7 Å². The van der Waals surface area contributed by atoms with Crippen molar-refractivity contribution in [1.29, 1.82) is 0 Å². The average molecular weight is 222 g/mol. The first kappa shape index (κ1) is 14.2. The molecular formula is C12H14O4-2. The van der Waals surface area contributed by atoms with E-state index in [1.807, 2.05) is 13.8 Å². The first-order valence-electron chi connectivity index (χ1n) is 5.04. The van der Waals surface area contributed by atoms with Gasteiger partial charge in [-0.05, 0) is 12.8 Å². The van der Waals surface area contributed by atoms with E-state index in [-0.39, 0.29) is 11.1 Å². The fourth-order valence-corrected chi connectivity index (χ4v) is 1.01. The van der Waals surface area contributed by atoms with E-state index < -0.39 is 11.9 Å². The Bertz CT molecular complexity index is 314. The lowest BCUT2D eigenvalue weighted by molar-refractivity contribution is -0.303. The van der Waals surface area contributed by atoms with Crippen LogP contribution in [-0.2, 0) is 9.59 Å². The highest BCUT2D eigenvalue weighted by Crippen LogP contribution is 2.08. The van der Waals surface area contributed by atoms with Gasteiger partial charge in [-0.1, -0.05) is 38.2 Å². The van der Waals surface area contributed by atoms with Gasteiger partial charge in [0.05, 0.1) is 11.9 Å². The molecule has 0 heterocycles. The number of carbonyl (C=O) groups excluding carboxylic acids is 2. The van der Waals surface area contributed by atoms with Crippen LogP contribution in [0.5, 0.6) is 0 Å². The zero-order chi connectivity index (χ0) is 12.6. The molecule has 0 saturated heterocycles. The summed E-state index contributed by atoms with van der Waals surface area (Å²) in [5.41, 5.74) is -0.738. The van der Waals surface area contributed by atoms with E-state index in [0.29, 0.717) is 12.8 Å². The molecule has 0 radical (unpaired) electrons. The van der Waals surface area contributed by atoms with Gasteiger partial charge in [0.2, 0.25) is 0 Å². The molecule has 0 aromatic rings. The molecule has 0 fully saturated rings. The van der Waals surface area contributed by atoms with E-state index in [9.17, 15) is 19.8 Å². The van der Waals surface area contributed by atoms with Crippen molar-refractivity contribution < 1.29 is 19.8 Å². The van der Waals surface area contributed by atoms with Gasteiger partial charge in [-0.3, -0.25) is 0 Å². The van der Waals surface area contributed by atoms with E-state index in [1.165, 1.54) is 12.2 Å². The second-order valence-electron chi connectivity index (χ2n) is 3.02. The summed E-state index contributed by atoms with van der Waals surface area (Å²) in [7, 11) is 0. The summed E-state index contributed by atoms with van der Waals surface area (Å²) in [4.78, 5) is 21.5. The van der Waals surface area contributed by atoms with Crippen molar-refractivity contribution in [3.05, 3.63) is 35.5 Å². The highest BCUT2D eigenvalue weighted by molar-refractivity contribution is 6.01. The number of carbonyl (C=O) groups is 2. The van der Waals surface area contributed by atoms with E-state index in [0.717, 1.165) is 0 Å². The molecule has 4 nitrogen and oxygen atoms in total. The van der Waals surface area contributed by atoms with E-state index in [2.05, 4.69) is 0 Å². The zero-order valence-corrected chi connectivity index (χ0v) is 9.36. The fraction of sp³-hybridized carbons (Fsp3) is 0.333. The molecular weight excluding hydrogens is 208 g/mol. The average Bonchev–Trinajstić information content (AvgIpc) is 2.21. The second-order valence-corrected chi connectivity index (χ2v) is 3.02. The Labute approximate surface area is 94.6 Å². The van der Waals surface area contributed by atoms with Gasteiger partial charge >= 0.3 is 0 Å². The standard InChI is InChI=1S/C12H16O4/c1-3-5-7-9(11(13)14)10(12(15)16)8-6-4-2/h5-8H,3-4H2,1-2H3,(H,13,14)(H,15,16)/p-2/b7-5+,8-6+,10-9-. The Morgan fingerprint density at radius 1 is 0.875 bits per heavy atom.